The Hall–Kier alpha value is -3.86. The van der Waals surface area contributed by atoms with Crippen LogP contribution >= 0.6 is 0 Å². The van der Waals surface area contributed by atoms with Crippen molar-refractivity contribution in [3.05, 3.63) is 47.8 Å². The van der Waals surface area contributed by atoms with Crippen LogP contribution in [0.5, 0.6) is 5.75 Å². The summed E-state index contributed by atoms with van der Waals surface area (Å²) in [5, 5.41) is 7.48. The van der Waals surface area contributed by atoms with Crippen LogP contribution in [-0.4, -0.2) is 89.3 Å². The summed E-state index contributed by atoms with van der Waals surface area (Å²) in [5.74, 6) is 1.74. The zero-order valence-corrected chi connectivity index (χ0v) is 22.2. The molecule has 0 bridgehead atoms. The summed E-state index contributed by atoms with van der Waals surface area (Å²) in [4.78, 5) is 32.4. The number of amides is 2. The predicted molar refractivity (Wildman–Crippen MR) is 146 cm³/mol. The lowest BCUT2D eigenvalue weighted by Crippen LogP contribution is -2.49. The lowest BCUT2D eigenvalue weighted by Gasteiger charge is -2.31. The largest absolute Gasteiger partial charge is 0.488 e. The first-order valence-electron chi connectivity index (χ1n) is 13.8. The van der Waals surface area contributed by atoms with Crippen LogP contribution in [0.2, 0.25) is 0 Å². The number of urea groups is 1. The summed E-state index contributed by atoms with van der Waals surface area (Å²) >= 11 is 0. The minimum absolute atomic E-state index is 0.0172. The van der Waals surface area contributed by atoms with Crippen LogP contribution in [0, 0.1) is 0 Å². The maximum atomic E-state index is 12.8. The zero-order chi connectivity index (χ0) is 26.5. The number of ether oxygens (including phenoxy) is 2. The van der Waals surface area contributed by atoms with E-state index in [4.69, 9.17) is 19.3 Å². The number of benzene rings is 1. The van der Waals surface area contributed by atoms with E-state index in [1.807, 2.05) is 43.1 Å². The lowest BCUT2D eigenvalue weighted by molar-refractivity contribution is 0.0526. The second kappa shape index (κ2) is 9.71. The van der Waals surface area contributed by atoms with E-state index in [0.29, 0.717) is 39.5 Å². The molecular weight excluding hydrogens is 498 g/mol. The Morgan fingerprint density at radius 3 is 2.77 bits per heavy atom. The maximum absolute atomic E-state index is 12.8. The van der Waals surface area contributed by atoms with E-state index in [-0.39, 0.29) is 30.1 Å². The van der Waals surface area contributed by atoms with Crippen molar-refractivity contribution in [1.29, 1.82) is 0 Å². The predicted octanol–water partition coefficient (Wildman–Crippen LogP) is 2.91. The molecule has 11 heteroatoms. The highest BCUT2D eigenvalue weighted by Crippen LogP contribution is 2.45. The van der Waals surface area contributed by atoms with E-state index in [0.717, 1.165) is 52.7 Å². The van der Waals surface area contributed by atoms with E-state index in [1.54, 1.807) is 0 Å². The Morgan fingerprint density at radius 2 is 2.00 bits per heavy atom. The standard InChI is InChI=1S/C28H33N7O4/c1-17-24(18(2)39-32-17)20-6-7-22-25-26(20)38-16-23(21-5-3-4-9-29-21)35(25)27(31-22)34-10-8-19(15-34)30-28(36)33-11-13-37-14-12-33/h3-7,9,18-19,23-24H,8,10-16H2,1-2H3,(H,30,36)/t18?,19-,23-,24?/m1/s1. The van der Waals surface area contributed by atoms with E-state index in [2.05, 4.69) is 37.1 Å². The molecule has 0 spiro atoms. The number of aromatic nitrogens is 3. The highest BCUT2D eigenvalue weighted by atomic mass is 16.6. The Labute approximate surface area is 226 Å². The number of imidazole rings is 1. The quantitative estimate of drug-likeness (QED) is 0.552. The molecule has 39 heavy (non-hydrogen) atoms. The molecule has 4 atom stereocenters. The molecule has 1 aromatic carbocycles. The van der Waals surface area contributed by atoms with Crippen LogP contribution in [0.1, 0.15) is 43.5 Å². The van der Waals surface area contributed by atoms with Crippen molar-refractivity contribution in [3.8, 4) is 5.75 Å². The number of nitrogens with zero attached hydrogens (tertiary/aromatic N) is 6. The molecule has 11 nitrogen and oxygen atoms in total. The molecule has 7 rings (SSSR count). The number of morpholine rings is 1. The van der Waals surface area contributed by atoms with Crippen molar-refractivity contribution in [2.24, 2.45) is 5.16 Å². The molecule has 2 amide bonds. The van der Waals surface area contributed by atoms with Crippen molar-refractivity contribution in [1.82, 2.24) is 24.8 Å². The van der Waals surface area contributed by atoms with Gasteiger partial charge < -0.3 is 29.4 Å². The van der Waals surface area contributed by atoms with Crippen LogP contribution in [0.25, 0.3) is 11.0 Å². The highest BCUT2D eigenvalue weighted by Gasteiger charge is 2.38. The molecule has 0 aliphatic carbocycles. The molecule has 2 saturated heterocycles. The van der Waals surface area contributed by atoms with Crippen LogP contribution in [0.3, 0.4) is 0 Å². The summed E-state index contributed by atoms with van der Waals surface area (Å²) < 4.78 is 14.2. The molecule has 2 aromatic heterocycles. The average molecular weight is 532 g/mol. The van der Waals surface area contributed by atoms with Crippen LogP contribution in [0.15, 0.2) is 41.7 Å². The second-order valence-electron chi connectivity index (χ2n) is 10.7. The number of pyridine rings is 1. The van der Waals surface area contributed by atoms with E-state index in [9.17, 15) is 4.79 Å². The number of hydrogen-bond acceptors (Lipinski definition) is 8. The monoisotopic (exact) mass is 531 g/mol. The van der Waals surface area contributed by atoms with Crippen molar-refractivity contribution in [3.63, 3.8) is 0 Å². The van der Waals surface area contributed by atoms with Gasteiger partial charge in [0.25, 0.3) is 0 Å². The number of hydrogen-bond donors (Lipinski definition) is 1. The van der Waals surface area contributed by atoms with E-state index >= 15 is 0 Å². The minimum Gasteiger partial charge on any atom is -0.488 e. The first-order chi connectivity index (χ1) is 19.1. The molecule has 2 unspecified atom stereocenters. The fourth-order valence-electron chi connectivity index (χ4n) is 6.30. The molecule has 1 N–H and O–H groups in total. The van der Waals surface area contributed by atoms with Crippen molar-refractivity contribution in [2.75, 3.05) is 50.9 Å². The second-order valence-corrected chi connectivity index (χ2v) is 10.7. The SMILES string of the molecule is CC1=NOC(C)C1c1ccc2nc(N3CC[C@@H](NC(=O)N4CCOCC4)C3)n3c2c1OC[C@@H]3c1ccccn1. The van der Waals surface area contributed by atoms with Gasteiger partial charge in [-0.25, -0.2) is 9.78 Å². The topological polar surface area (TPSA) is 106 Å². The summed E-state index contributed by atoms with van der Waals surface area (Å²) in [6.07, 6.45) is 2.61. The van der Waals surface area contributed by atoms with Crippen LogP contribution in [0.4, 0.5) is 10.7 Å². The number of carbonyl (C=O) groups is 1. The van der Waals surface area contributed by atoms with Gasteiger partial charge >= 0.3 is 6.03 Å². The maximum Gasteiger partial charge on any atom is 0.317 e. The molecule has 4 aliphatic rings. The van der Waals surface area contributed by atoms with Gasteiger partial charge in [-0.05, 0) is 38.5 Å². The summed E-state index contributed by atoms with van der Waals surface area (Å²) in [7, 11) is 0. The Morgan fingerprint density at radius 1 is 1.13 bits per heavy atom. The van der Waals surface area contributed by atoms with Crippen molar-refractivity contribution < 1.29 is 19.1 Å². The van der Waals surface area contributed by atoms with Gasteiger partial charge in [0.1, 0.15) is 30.0 Å². The lowest BCUT2D eigenvalue weighted by atomic mass is 9.89. The first kappa shape index (κ1) is 24.2. The van der Waals surface area contributed by atoms with Crippen molar-refractivity contribution in [2.45, 2.75) is 44.4 Å². The normalized spacial score (nSPS) is 26.4. The number of oxime groups is 1. The fourth-order valence-corrected chi connectivity index (χ4v) is 6.30. The number of nitrogens with one attached hydrogen (secondary N) is 1. The summed E-state index contributed by atoms with van der Waals surface area (Å²) in [5.41, 5.74) is 4.79. The Bertz CT molecular complexity index is 1420. The summed E-state index contributed by atoms with van der Waals surface area (Å²) in [6.45, 7) is 8.42. The van der Waals surface area contributed by atoms with Crippen LogP contribution in [-0.2, 0) is 9.57 Å². The van der Waals surface area contributed by atoms with E-state index in [1.165, 1.54) is 0 Å². The third-order valence-electron chi connectivity index (χ3n) is 8.26. The smallest absolute Gasteiger partial charge is 0.317 e. The number of rotatable bonds is 4. The van der Waals surface area contributed by atoms with Gasteiger partial charge in [0.15, 0.2) is 0 Å². The minimum atomic E-state index is -0.122. The number of carbonyl (C=O) groups excluding carboxylic acids is 1. The third-order valence-corrected chi connectivity index (χ3v) is 8.26. The Kier molecular flexibility index (Phi) is 6.03. The number of anilines is 1. The highest BCUT2D eigenvalue weighted by molar-refractivity contribution is 5.94. The van der Waals surface area contributed by atoms with Gasteiger partial charge in [0, 0.05) is 44.0 Å². The van der Waals surface area contributed by atoms with Gasteiger partial charge in [-0.1, -0.05) is 17.3 Å². The fraction of sp³-hybridized carbons (Fsp3) is 0.500. The first-order valence-corrected chi connectivity index (χ1v) is 13.8. The average Bonchev–Trinajstić information content (AvgIpc) is 3.68. The Balaban J connectivity index is 1.25. The van der Waals surface area contributed by atoms with Crippen molar-refractivity contribution >= 4 is 28.7 Å². The summed E-state index contributed by atoms with van der Waals surface area (Å²) in [6, 6.07) is 10.1. The van der Waals surface area contributed by atoms with Crippen LogP contribution < -0.4 is 15.0 Å². The molecule has 0 saturated carbocycles. The van der Waals surface area contributed by atoms with Gasteiger partial charge in [-0.15, -0.1) is 0 Å². The molecule has 3 aromatic rings. The molecule has 0 radical (unpaired) electrons. The van der Waals surface area contributed by atoms with E-state index < -0.39 is 0 Å². The molecular formula is C28H33N7O4. The van der Waals surface area contributed by atoms with Gasteiger partial charge in [-0.2, -0.15) is 0 Å². The third kappa shape index (κ3) is 4.15. The van der Waals surface area contributed by atoms with Gasteiger partial charge in [0.2, 0.25) is 5.95 Å². The molecule has 6 heterocycles. The van der Waals surface area contributed by atoms with Gasteiger partial charge in [-0.3, -0.25) is 9.55 Å². The molecule has 4 aliphatic heterocycles. The molecule has 2 fully saturated rings. The molecule has 204 valence electrons. The van der Waals surface area contributed by atoms with Gasteiger partial charge in [0.05, 0.1) is 36.1 Å². The zero-order valence-electron chi connectivity index (χ0n) is 22.2.